The standard InChI is InChI=1S/C10H15F3N4O/c1-6(5-18-3)17(2)8-4-7(14)15-9(16-8)10(11,12)13/h4,6H,5H2,1-3H3,(H2,14,15,16). The maximum absolute atomic E-state index is 12.5. The molecule has 0 aliphatic heterocycles. The average Bonchev–Trinajstić information content (AvgIpc) is 2.26. The Hall–Kier alpha value is -1.57. The summed E-state index contributed by atoms with van der Waals surface area (Å²) < 4.78 is 42.5. The number of aromatic nitrogens is 2. The van der Waals surface area contributed by atoms with Gasteiger partial charge >= 0.3 is 6.18 Å². The lowest BCUT2D eigenvalue weighted by Crippen LogP contribution is -2.34. The zero-order valence-corrected chi connectivity index (χ0v) is 10.3. The Labute approximate surface area is 103 Å². The molecule has 2 N–H and O–H groups in total. The maximum atomic E-state index is 12.5. The largest absolute Gasteiger partial charge is 0.451 e. The third-order valence-corrected chi connectivity index (χ3v) is 2.42. The molecule has 1 atom stereocenters. The molecule has 0 aliphatic rings. The Bertz CT molecular complexity index is 411. The van der Waals surface area contributed by atoms with Gasteiger partial charge < -0.3 is 15.4 Å². The van der Waals surface area contributed by atoms with E-state index >= 15 is 0 Å². The quantitative estimate of drug-likeness (QED) is 0.893. The van der Waals surface area contributed by atoms with Crippen molar-refractivity contribution in [2.24, 2.45) is 0 Å². The van der Waals surface area contributed by atoms with Crippen LogP contribution in [-0.4, -0.2) is 36.8 Å². The lowest BCUT2D eigenvalue weighted by molar-refractivity contribution is -0.144. The van der Waals surface area contributed by atoms with Gasteiger partial charge in [0, 0.05) is 20.2 Å². The zero-order valence-electron chi connectivity index (χ0n) is 10.3. The number of anilines is 2. The van der Waals surface area contributed by atoms with Crippen molar-refractivity contribution in [3.8, 4) is 0 Å². The van der Waals surface area contributed by atoms with Crippen LogP contribution in [0.3, 0.4) is 0 Å². The van der Waals surface area contributed by atoms with Crippen molar-refractivity contribution in [3.63, 3.8) is 0 Å². The summed E-state index contributed by atoms with van der Waals surface area (Å²) in [6.45, 7) is 2.16. The normalized spacial score (nSPS) is 13.4. The smallest absolute Gasteiger partial charge is 0.384 e. The van der Waals surface area contributed by atoms with Crippen molar-refractivity contribution in [2.45, 2.75) is 19.1 Å². The number of nitrogens with two attached hydrogens (primary N) is 1. The van der Waals surface area contributed by atoms with Crippen molar-refractivity contribution in [1.29, 1.82) is 0 Å². The van der Waals surface area contributed by atoms with E-state index in [0.717, 1.165) is 0 Å². The number of methoxy groups -OCH3 is 1. The van der Waals surface area contributed by atoms with E-state index in [1.807, 2.05) is 0 Å². The molecule has 0 bridgehead atoms. The molecule has 0 spiro atoms. The van der Waals surface area contributed by atoms with Gasteiger partial charge in [0.1, 0.15) is 11.6 Å². The lowest BCUT2D eigenvalue weighted by atomic mass is 10.3. The number of nitrogens with zero attached hydrogens (tertiary/aromatic N) is 3. The Kier molecular flexibility index (Phi) is 4.33. The molecule has 0 amide bonds. The second-order valence-corrected chi connectivity index (χ2v) is 3.89. The van der Waals surface area contributed by atoms with Crippen molar-refractivity contribution >= 4 is 11.6 Å². The van der Waals surface area contributed by atoms with Crippen LogP contribution in [0, 0.1) is 0 Å². The van der Waals surface area contributed by atoms with Crippen LogP contribution in [0.4, 0.5) is 24.8 Å². The minimum Gasteiger partial charge on any atom is -0.384 e. The highest BCUT2D eigenvalue weighted by atomic mass is 19.4. The highest BCUT2D eigenvalue weighted by molar-refractivity contribution is 5.47. The van der Waals surface area contributed by atoms with Gasteiger partial charge in [0.15, 0.2) is 0 Å². The number of ether oxygens (including phenoxy) is 1. The summed E-state index contributed by atoms with van der Waals surface area (Å²) in [6.07, 6.45) is -4.62. The van der Waals surface area contributed by atoms with Crippen LogP contribution in [-0.2, 0) is 10.9 Å². The highest BCUT2D eigenvalue weighted by Crippen LogP contribution is 2.28. The van der Waals surface area contributed by atoms with E-state index < -0.39 is 12.0 Å². The van der Waals surface area contributed by atoms with Gasteiger partial charge in [-0.05, 0) is 6.92 Å². The Morgan fingerprint density at radius 3 is 2.56 bits per heavy atom. The molecule has 0 saturated carbocycles. The molecule has 1 heterocycles. The van der Waals surface area contributed by atoms with E-state index in [0.29, 0.717) is 6.61 Å². The molecule has 102 valence electrons. The average molecular weight is 264 g/mol. The Balaban J connectivity index is 3.06. The molecule has 8 heteroatoms. The molecule has 0 fully saturated rings. The molecule has 1 aromatic heterocycles. The van der Waals surface area contributed by atoms with Crippen LogP contribution in [0.15, 0.2) is 6.07 Å². The number of hydrogen-bond donors (Lipinski definition) is 1. The topological polar surface area (TPSA) is 64.3 Å². The minimum absolute atomic E-state index is 0.111. The third kappa shape index (κ3) is 3.46. The first-order chi connectivity index (χ1) is 8.25. The molecule has 1 aromatic rings. The molecule has 1 rings (SSSR count). The van der Waals surface area contributed by atoms with Crippen molar-refractivity contribution in [1.82, 2.24) is 9.97 Å². The molecular weight excluding hydrogens is 249 g/mol. The molecule has 0 aliphatic carbocycles. The number of likely N-dealkylation sites (N-methyl/N-ethyl adjacent to an activating group) is 1. The van der Waals surface area contributed by atoms with E-state index in [1.54, 1.807) is 18.9 Å². The second-order valence-electron chi connectivity index (χ2n) is 3.89. The molecule has 0 saturated heterocycles. The van der Waals surface area contributed by atoms with Crippen LogP contribution in [0.2, 0.25) is 0 Å². The molecular formula is C10H15F3N4O. The van der Waals surface area contributed by atoms with Crippen LogP contribution < -0.4 is 10.6 Å². The van der Waals surface area contributed by atoms with Crippen LogP contribution >= 0.6 is 0 Å². The van der Waals surface area contributed by atoms with Gasteiger partial charge in [-0.1, -0.05) is 0 Å². The zero-order chi connectivity index (χ0) is 13.9. The van der Waals surface area contributed by atoms with E-state index in [4.69, 9.17) is 10.5 Å². The summed E-state index contributed by atoms with van der Waals surface area (Å²) in [6, 6.07) is 1.16. The first kappa shape index (κ1) is 14.5. The van der Waals surface area contributed by atoms with Gasteiger partial charge in [-0.2, -0.15) is 13.2 Å². The Morgan fingerprint density at radius 2 is 2.06 bits per heavy atom. The van der Waals surface area contributed by atoms with Gasteiger partial charge in [-0.25, -0.2) is 9.97 Å². The maximum Gasteiger partial charge on any atom is 0.451 e. The summed E-state index contributed by atoms with van der Waals surface area (Å²) >= 11 is 0. The molecule has 0 aromatic carbocycles. The summed E-state index contributed by atoms with van der Waals surface area (Å²) in [5, 5.41) is 0. The van der Waals surface area contributed by atoms with Crippen molar-refractivity contribution < 1.29 is 17.9 Å². The van der Waals surface area contributed by atoms with Crippen LogP contribution in [0.25, 0.3) is 0 Å². The molecule has 5 nitrogen and oxygen atoms in total. The Morgan fingerprint density at radius 1 is 1.44 bits per heavy atom. The summed E-state index contributed by atoms with van der Waals surface area (Å²) in [7, 11) is 3.13. The van der Waals surface area contributed by atoms with Gasteiger partial charge in [-0.15, -0.1) is 0 Å². The fourth-order valence-electron chi connectivity index (χ4n) is 1.34. The number of alkyl halides is 3. The second kappa shape index (κ2) is 5.38. The van der Waals surface area contributed by atoms with E-state index in [1.165, 1.54) is 13.2 Å². The van der Waals surface area contributed by atoms with Gasteiger partial charge in [0.25, 0.3) is 0 Å². The fourth-order valence-corrected chi connectivity index (χ4v) is 1.34. The number of halogens is 3. The molecule has 0 radical (unpaired) electrons. The number of nitrogen functional groups attached to an aromatic ring is 1. The van der Waals surface area contributed by atoms with Gasteiger partial charge in [0.05, 0.1) is 12.6 Å². The third-order valence-electron chi connectivity index (χ3n) is 2.42. The predicted octanol–water partition coefficient (Wildman–Crippen LogP) is 1.55. The van der Waals surface area contributed by atoms with E-state index in [9.17, 15) is 13.2 Å². The summed E-state index contributed by atoms with van der Waals surface area (Å²) in [5.41, 5.74) is 5.36. The molecule has 18 heavy (non-hydrogen) atoms. The minimum atomic E-state index is -4.62. The first-order valence-electron chi connectivity index (χ1n) is 5.19. The summed E-state index contributed by atoms with van der Waals surface area (Å²) in [5.74, 6) is -1.35. The van der Waals surface area contributed by atoms with Crippen LogP contribution in [0.1, 0.15) is 12.7 Å². The van der Waals surface area contributed by atoms with E-state index in [-0.39, 0.29) is 17.7 Å². The SMILES string of the molecule is COCC(C)N(C)c1cc(N)nc(C(F)(F)F)n1. The molecule has 1 unspecified atom stereocenters. The number of hydrogen-bond acceptors (Lipinski definition) is 5. The van der Waals surface area contributed by atoms with Crippen molar-refractivity contribution in [3.05, 3.63) is 11.9 Å². The number of rotatable bonds is 4. The van der Waals surface area contributed by atoms with Gasteiger partial charge in [-0.3, -0.25) is 0 Å². The van der Waals surface area contributed by atoms with Crippen molar-refractivity contribution in [2.75, 3.05) is 31.4 Å². The highest BCUT2D eigenvalue weighted by Gasteiger charge is 2.35. The lowest BCUT2D eigenvalue weighted by Gasteiger charge is -2.25. The predicted molar refractivity (Wildman–Crippen MR) is 61.2 cm³/mol. The summed E-state index contributed by atoms with van der Waals surface area (Å²) in [4.78, 5) is 8.19. The first-order valence-corrected chi connectivity index (χ1v) is 5.19. The van der Waals surface area contributed by atoms with Gasteiger partial charge in [0.2, 0.25) is 5.82 Å². The fraction of sp³-hybridized carbons (Fsp3) is 0.600. The van der Waals surface area contributed by atoms with E-state index in [2.05, 4.69) is 9.97 Å². The van der Waals surface area contributed by atoms with Crippen LogP contribution in [0.5, 0.6) is 0 Å². The monoisotopic (exact) mass is 264 g/mol.